The number of anilines is 1. The molecule has 6 nitrogen and oxygen atoms in total. The average Bonchev–Trinajstić information content (AvgIpc) is 3.52. The van der Waals surface area contributed by atoms with Crippen LogP contribution in [0.15, 0.2) is 66.7 Å². The second-order valence-corrected chi connectivity index (χ2v) is 12.4. The van der Waals surface area contributed by atoms with Crippen LogP contribution in [0.1, 0.15) is 29.5 Å². The number of rotatable bonds is 4. The lowest BCUT2D eigenvalue weighted by Crippen LogP contribution is -3.31. The van der Waals surface area contributed by atoms with E-state index >= 15 is 0 Å². The number of thiazole rings is 1. The number of nitrogens with zero attached hydrogens (tertiary/aromatic N) is 2. The lowest BCUT2D eigenvalue weighted by molar-refractivity contribution is -1.03. The molecule has 198 valence electrons. The summed E-state index contributed by atoms with van der Waals surface area (Å²) < 4.78 is 1.17. The third-order valence-electron chi connectivity index (χ3n) is 9.01. The number of hydrogen-bond donors (Lipinski definition) is 2. The normalized spacial score (nSPS) is 25.3. The lowest BCUT2D eigenvalue weighted by atomic mass is 9.87. The van der Waals surface area contributed by atoms with Gasteiger partial charge in [-0.3, -0.25) is 9.59 Å². The number of aromatic nitrogens is 1. The predicted molar refractivity (Wildman–Crippen MR) is 154 cm³/mol. The van der Waals surface area contributed by atoms with Crippen LogP contribution in [0.5, 0.6) is 0 Å². The van der Waals surface area contributed by atoms with E-state index in [4.69, 9.17) is 4.98 Å². The van der Waals surface area contributed by atoms with Crippen molar-refractivity contribution in [2.75, 3.05) is 31.1 Å². The second kappa shape index (κ2) is 9.97. The number of carbonyl (C=O) groups excluding carboxylic acids is 2. The summed E-state index contributed by atoms with van der Waals surface area (Å²) in [4.78, 5) is 35.7. The topological polar surface area (TPSA) is 59.1 Å². The van der Waals surface area contributed by atoms with Gasteiger partial charge in [0, 0.05) is 18.4 Å². The van der Waals surface area contributed by atoms with Crippen LogP contribution in [0.3, 0.4) is 0 Å². The molecule has 39 heavy (non-hydrogen) atoms. The highest BCUT2D eigenvalue weighted by Crippen LogP contribution is 2.32. The number of amides is 2. The molecule has 2 fully saturated rings. The summed E-state index contributed by atoms with van der Waals surface area (Å²) in [5.74, 6) is -0.132. The fourth-order valence-electron chi connectivity index (χ4n) is 6.83. The van der Waals surface area contributed by atoms with Crippen molar-refractivity contribution < 1.29 is 19.4 Å². The minimum atomic E-state index is -0.265. The van der Waals surface area contributed by atoms with Crippen LogP contribution >= 0.6 is 11.3 Å². The molecule has 0 saturated carbocycles. The van der Waals surface area contributed by atoms with Crippen molar-refractivity contribution in [3.05, 3.63) is 83.4 Å². The van der Waals surface area contributed by atoms with Crippen LogP contribution in [0.25, 0.3) is 20.8 Å². The highest BCUT2D eigenvalue weighted by Gasteiger charge is 2.47. The van der Waals surface area contributed by atoms with Gasteiger partial charge in [-0.2, -0.15) is 0 Å². The summed E-state index contributed by atoms with van der Waals surface area (Å²) in [6.07, 6.45) is 3.87. The zero-order valence-corrected chi connectivity index (χ0v) is 23.1. The average molecular weight is 539 g/mol. The summed E-state index contributed by atoms with van der Waals surface area (Å²) in [6, 6.07) is 23.3. The van der Waals surface area contributed by atoms with E-state index in [-0.39, 0.29) is 17.9 Å². The molecule has 3 aliphatic rings. The molecule has 7 heteroatoms. The van der Waals surface area contributed by atoms with Gasteiger partial charge in [0.15, 0.2) is 6.04 Å². The van der Waals surface area contributed by atoms with Gasteiger partial charge in [0.25, 0.3) is 5.91 Å². The number of aryl methyl sites for hydroxylation is 2. The zero-order chi connectivity index (χ0) is 26.5. The molecule has 0 unspecified atom stereocenters. The van der Waals surface area contributed by atoms with Gasteiger partial charge in [-0.25, -0.2) is 9.88 Å². The first kappa shape index (κ1) is 24.6. The Labute approximate surface area is 232 Å². The van der Waals surface area contributed by atoms with E-state index in [1.165, 1.54) is 44.0 Å². The van der Waals surface area contributed by atoms with Gasteiger partial charge >= 0.3 is 0 Å². The highest BCUT2D eigenvalue weighted by atomic mass is 32.1. The van der Waals surface area contributed by atoms with Gasteiger partial charge in [0.1, 0.15) is 31.2 Å². The molecular weight excluding hydrogens is 504 g/mol. The van der Waals surface area contributed by atoms with Gasteiger partial charge in [0.05, 0.1) is 28.4 Å². The minimum absolute atomic E-state index is 0.0479. The first-order valence-corrected chi connectivity index (χ1v) is 15.0. The van der Waals surface area contributed by atoms with Crippen LogP contribution in [0.4, 0.5) is 5.69 Å². The highest BCUT2D eigenvalue weighted by molar-refractivity contribution is 7.21. The molecule has 0 bridgehead atoms. The molecule has 3 aromatic carbocycles. The summed E-state index contributed by atoms with van der Waals surface area (Å²) in [6.45, 7) is 6.11. The Kier molecular flexibility index (Phi) is 6.30. The number of quaternary nitrogens is 2. The summed E-state index contributed by atoms with van der Waals surface area (Å²) in [5.41, 5.74) is 6.90. The predicted octanol–water partition coefficient (Wildman–Crippen LogP) is 2.24. The van der Waals surface area contributed by atoms with E-state index in [0.717, 1.165) is 48.7 Å². The second-order valence-electron chi connectivity index (χ2n) is 11.4. The van der Waals surface area contributed by atoms with Gasteiger partial charge in [-0.15, -0.1) is 11.3 Å². The molecule has 2 saturated heterocycles. The molecule has 2 aliphatic heterocycles. The summed E-state index contributed by atoms with van der Waals surface area (Å²) in [7, 11) is 0. The van der Waals surface area contributed by atoms with E-state index in [0.29, 0.717) is 18.2 Å². The van der Waals surface area contributed by atoms with E-state index in [1.807, 2.05) is 24.3 Å². The van der Waals surface area contributed by atoms with Gasteiger partial charge in [0.2, 0.25) is 5.91 Å². The Morgan fingerprint density at radius 1 is 0.872 bits per heavy atom. The smallest absolute Gasteiger partial charge is 0.292 e. The molecule has 7 rings (SSSR count). The first-order chi connectivity index (χ1) is 19.0. The fourth-order valence-corrected chi connectivity index (χ4v) is 7.90. The van der Waals surface area contributed by atoms with Crippen molar-refractivity contribution in [3.8, 4) is 10.6 Å². The maximum absolute atomic E-state index is 13.5. The van der Waals surface area contributed by atoms with Crippen LogP contribution in [-0.4, -0.2) is 55.1 Å². The maximum Gasteiger partial charge on any atom is 0.292 e. The van der Waals surface area contributed by atoms with Crippen molar-refractivity contribution >= 4 is 39.1 Å². The molecule has 4 aromatic rings. The third kappa shape index (κ3) is 4.58. The van der Waals surface area contributed by atoms with Crippen LogP contribution < -0.4 is 14.7 Å². The Morgan fingerprint density at radius 2 is 1.62 bits per heavy atom. The molecule has 1 aliphatic carbocycles. The Balaban J connectivity index is 1.01. The van der Waals surface area contributed by atoms with Crippen molar-refractivity contribution in [3.63, 3.8) is 0 Å². The largest absolute Gasteiger partial charge is 0.323 e. The van der Waals surface area contributed by atoms with Gasteiger partial charge in [-0.1, -0.05) is 30.3 Å². The number of piperazine rings is 1. The molecule has 2 atom stereocenters. The monoisotopic (exact) mass is 538 g/mol. The molecule has 3 heterocycles. The molecule has 0 radical (unpaired) electrons. The number of nitrogens with one attached hydrogen (secondary N) is 2. The molecule has 2 amide bonds. The van der Waals surface area contributed by atoms with Crippen LogP contribution in [0, 0.1) is 6.92 Å². The van der Waals surface area contributed by atoms with Gasteiger partial charge < -0.3 is 9.80 Å². The first-order valence-electron chi connectivity index (χ1n) is 14.1. The van der Waals surface area contributed by atoms with Crippen molar-refractivity contribution in [1.29, 1.82) is 0 Å². The third-order valence-corrected chi connectivity index (χ3v) is 10.1. The van der Waals surface area contributed by atoms with E-state index in [1.54, 1.807) is 16.2 Å². The summed E-state index contributed by atoms with van der Waals surface area (Å²) in [5, 5.41) is 0.949. The quantitative estimate of drug-likeness (QED) is 0.392. The van der Waals surface area contributed by atoms with Gasteiger partial charge in [-0.05, 0) is 66.4 Å². The van der Waals surface area contributed by atoms with Crippen molar-refractivity contribution in [2.24, 2.45) is 0 Å². The fraction of sp³-hybridized carbons (Fsp3) is 0.344. The number of imide groups is 1. The standard InChI is InChI=1S/C32H32N4O2S/c1-21-6-13-27-29(18-21)39-31(33-27)23-8-10-25(11-9-23)36-30(37)20-28(32(36)38)35-16-14-34(15-17-35)26-12-7-22-4-2-3-5-24(22)19-26/h2-6,8-11,13,18,26,28H,7,12,14-17,19-20H2,1H3/p+2/t26-,28-/m0/s1. The van der Waals surface area contributed by atoms with E-state index < -0.39 is 0 Å². The molecular formula is C32H34N4O2S+2. The SMILES string of the molecule is Cc1ccc2nc(-c3ccc(N4C(=O)C[C@H]([NH+]5CC[NH+]([C@H]6CCc7ccccc7C6)CC5)C4=O)cc3)sc2c1. The number of benzene rings is 3. The Bertz CT molecular complexity index is 1550. The number of hydrogen-bond acceptors (Lipinski definition) is 4. The number of fused-ring (bicyclic) bond motifs is 2. The molecule has 1 aromatic heterocycles. The van der Waals surface area contributed by atoms with E-state index in [9.17, 15) is 9.59 Å². The zero-order valence-electron chi connectivity index (χ0n) is 22.3. The van der Waals surface area contributed by atoms with Crippen molar-refractivity contribution in [1.82, 2.24) is 4.98 Å². The maximum atomic E-state index is 13.5. The Hall–Kier alpha value is -3.39. The number of carbonyl (C=O) groups is 2. The van der Waals surface area contributed by atoms with Crippen molar-refractivity contribution in [2.45, 2.75) is 44.7 Å². The van der Waals surface area contributed by atoms with Crippen LogP contribution in [0.2, 0.25) is 0 Å². The minimum Gasteiger partial charge on any atom is -0.323 e. The summed E-state index contributed by atoms with van der Waals surface area (Å²) >= 11 is 1.67. The van der Waals surface area contributed by atoms with E-state index in [2.05, 4.69) is 49.4 Å². The Morgan fingerprint density at radius 3 is 2.41 bits per heavy atom. The molecule has 2 N–H and O–H groups in total. The lowest BCUT2D eigenvalue weighted by Gasteiger charge is -2.37. The van der Waals surface area contributed by atoms with Crippen LogP contribution in [-0.2, 0) is 22.4 Å². The molecule has 0 spiro atoms.